The van der Waals surface area contributed by atoms with Crippen LogP contribution in [0.3, 0.4) is 0 Å². The number of para-hydroxylation sites is 1. The van der Waals surface area contributed by atoms with Crippen LogP contribution in [0.1, 0.15) is 0 Å². The summed E-state index contributed by atoms with van der Waals surface area (Å²) in [5, 5.41) is 16.7. The van der Waals surface area contributed by atoms with E-state index in [4.69, 9.17) is 27.2 Å². The summed E-state index contributed by atoms with van der Waals surface area (Å²) in [6, 6.07) is 8.11. The SMILES string of the molecule is O=C([O-])[O-].S=c1[nH]c2ccccc2s1.[K+].[K+]. The van der Waals surface area contributed by atoms with E-state index >= 15 is 0 Å². The Morgan fingerprint density at radius 3 is 2.25 bits per heavy atom. The molecule has 0 aliphatic heterocycles. The van der Waals surface area contributed by atoms with Crippen molar-refractivity contribution in [2.75, 3.05) is 0 Å². The van der Waals surface area contributed by atoms with Gasteiger partial charge in [0, 0.05) is 0 Å². The summed E-state index contributed by atoms with van der Waals surface area (Å²) in [7, 11) is 0. The molecule has 74 valence electrons. The number of rotatable bonds is 0. The van der Waals surface area contributed by atoms with E-state index in [9.17, 15) is 0 Å². The first kappa shape index (κ1) is 20.2. The molecular formula is C8H5K2NO3S2. The number of aromatic nitrogens is 1. The zero-order valence-corrected chi connectivity index (χ0v) is 16.7. The third-order valence-corrected chi connectivity index (χ3v) is 2.54. The van der Waals surface area contributed by atoms with Gasteiger partial charge >= 0.3 is 103 Å². The second-order valence-corrected chi connectivity index (χ2v) is 3.98. The van der Waals surface area contributed by atoms with Gasteiger partial charge in [0.15, 0.2) is 3.95 Å². The fourth-order valence-corrected chi connectivity index (χ4v) is 2.01. The van der Waals surface area contributed by atoms with Crippen LogP contribution in [-0.2, 0) is 0 Å². The summed E-state index contributed by atoms with van der Waals surface area (Å²) in [5.41, 5.74) is 1.14. The van der Waals surface area contributed by atoms with E-state index in [0.717, 1.165) is 9.47 Å². The number of carbonyl (C=O) groups excluding carboxylic acids is 1. The molecule has 0 bridgehead atoms. The van der Waals surface area contributed by atoms with Crippen LogP contribution in [0.15, 0.2) is 24.3 Å². The van der Waals surface area contributed by atoms with E-state index in [2.05, 4.69) is 11.1 Å². The molecule has 0 spiro atoms. The number of nitrogens with one attached hydrogen (secondary N) is 1. The van der Waals surface area contributed by atoms with Crippen molar-refractivity contribution in [1.82, 2.24) is 4.98 Å². The molecule has 16 heavy (non-hydrogen) atoms. The summed E-state index contributed by atoms with van der Waals surface area (Å²) < 4.78 is 2.08. The molecule has 8 heteroatoms. The van der Waals surface area contributed by atoms with E-state index in [-0.39, 0.29) is 103 Å². The summed E-state index contributed by atoms with van der Waals surface area (Å²) in [6.45, 7) is 0. The molecule has 0 saturated carbocycles. The molecule has 0 aliphatic carbocycles. The summed E-state index contributed by atoms with van der Waals surface area (Å²) in [4.78, 5) is 11.4. The first-order valence-electron chi connectivity index (χ1n) is 3.55. The zero-order valence-electron chi connectivity index (χ0n) is 8.85. The average molecular weight is 305 g/mol. The van der Waals surface area contributed by atoms with Crippen molar-refractivity contribution in [3.8, 4) is 0 Å². The minimum Gasteiger partial charge on any atom is -0.652 e. The molecule has 1 aromatic carbocycles. The van der Waals surface area contributed by atoms with Crippen molar-refractivity contribution < 1.29 is 118 Å². The van der Waals surface area contributed by atoms with Crippen molar-refractivity contribution in [3.63, 3.8) is 0 Å². The standard InChI is InChI=1S/C7H5NS2.CH2O3.2K/c9-7-8-5-3-1-2-4-6(5)10-7;2-1(3)4;;/h1-4H,(H,8,9);(H2,2,3,4);;/q;;2*+1/p-2. The van der Waals surface area contributed by atoms with E-state index < -0.39 is 6.16 Å². The number of thiazole rings is 1. The molecular weight excluding hydrogens is 300 g/mol. The van der Waals surface area contributed by atoms with E-state index in [1.165, 1.54) is 4.70 Å². The van der Waals surface area contributed by atoms with Gasteiger partial charge < -0.3 is 20.0 Å². The maximum absolute atomic E-state index is 8.33. The second-order valence-electron chi connectivity index (χ2n) is 2.26. The molecule has 0 unspecified atom stereocenters. The number of aromatic amines is 1. The Morgan fingerprint density at radius 1 is 1.25 bits per heavy atom. The Labute approximate surface area is 186 Å². The molecule has 0 amide bonds. The molecule has 0 radical (unpaired) electrons. The van der Waals surface area contributed by atoms with Crippen molar-refractivity contribution >= 4 is 39.9 Å². The van der Waals surface area contributed by atoms with Gasteiger partial charge in [0.05, 0.1) is 10.2 Å². The molecule has 0 atom stereocenters. The predicted molar refractivity (Wildman–Crippen MR) is 52.4 cm³/mol. The van der Waals surface area contributed by atoms with Crippen molar-refractivity contribution in [2.24, 2.45) is 0 Å². The molecule has 4 nitrogen and oxygen atoms in total. The summed E-state index contributed by atoms with van der Waals surface area (Å²) in [5.74, 6) is 0. The van der Waals surface area contributed by atoms with Crippen molar-refractivity contribution in [1.29, 1.82) is 0 Å². The van der Waals surface area contributed by atoms with Gasteiger partial charge in [-0.1, -0.05) is 12.1 Å². The fraction of sp³-hybridized carbons (Fsp3) is 0. The van der Waals surface area contributed by atoms with E-state index in [1.807, 2.05) is 18.2 Å². The number of benzene rings is 1. The molecule has 1 aromatic heterocycles. The average Bonchev–Trinajstić information content (AvgIpc) is 2.42. The maximum atomic E-state index is 8.33. The Hall–Kier alpha value is 1.87. The maximum Gasteiger partial charge on any atom is 1.00 e. The molecule has 0 aliphatic rings. The van der Waals surface area contributed by atoms with Gasteiger partial charge in [-0.25, -0.2) is 0 Å². The summed E-state index contributed by atoms with van der Waals surface area (Å²) in [6.07, 6.45) is -2.33. The minimum atomic E-state index is -2.33. The minimum absolute atomic E-state index is 0. The smallest absolute Gasteiger partial charge is 0.652 e. The zero-order chi connectivity index (χ0) is 10.6. The van der Waals surface area contributed by atoms with Gasteiger partial charge in [-0.05, 0) is 30.5 Å². The van der Waals surface area contributed by atoms with Crippen LogP contribution < -0.4 is 113 Å². The van der Waals surface area contributed by atoms with Crippen LogP contribution in [0.25, 0.3) is 10.2 Å². The van der Waals surface area contributed by atoms with Gasteiger partial charge in [-0.3, -0.25) is 0 Å². The second kappa shape index (κ2) is 10.8. The van der Waals surface area contributed by atoms with Crippen molar-refractivity contribution in [2.45, 2.75) is 0 Å². The van der Waals surface area contributed by atoms with Gasteiger partial charge in [-0.2, -0.15) is 0 Å². The van der Waals surface area contributed by atoms with Crippen LogP contribution in [0.4, 0.5) is 4.79 Å². The van der Waals surface area contributed by atoms with Crippen LogP contribution >= 0.6 is 23.6 Å². The molecule has 0 fully saturated rings. The Kier molecular flexibility index (Phi) is 13.6. The third kappa shape index (κ3) is 8.06. The van der Waals surface area contributed by atoms with Gasteiger partial charge in [0.1, 0.15) is 0 Å². The Morgan fingerprint density at radius 2 is 1.75 bits per heavy atom. The molecule has 1 heterocycles. The monoisotopic (exact) mass is 305 g/mol. The number of hydrogen-bond donors (Lipinski definition) is 1. The first-order chi connectivity index (χ1) is 6.59. The molecule has 2 aromatic rings. The Bertz CT molecular complexity index is 457. The topological polar surface area (TPSA) is 79.0 Å². The molecule has 0 saturated heterocycles. The first-order valence-corrected chi connectivity index (χ1v) is 4.78. The number of H-pyrrole nitrogens is 1. The molecule has 1 N–H and O–H groups in total. The van der Waals surface area contributed by atoms with Gasteiger partial charge in [0.25, 0.3) is 0 Å². The molecule has 2 rings (SSSR count). The van der Waals surface area contributed by atoms with E-state index in [0.29, 0.717) is 0 Å². The fourth-order valence-electron chi connectivity index (χ4n) is 0.894. The summed E-state index contributed by atoms with van der Waals surface area (Å²) >= 11 is 6.59. The van der Waals surface area contributed by atoms with Crippen molar-refractivity contribution in [3.05, 3.63) is 28.2 Å². The normalized spacial score (nSPS) is 8.00. The van der Waals surface area contributed by atoms with Gasteiger partial charge in [-0.15, -0.1) is 11.3 Å². The quantitative estimate of drug-likeness (QED) is 0.389. The van der Waals surface area contributed by atoms with Crippen LogP contribution in [0, 0.1) is 3.95 Å². The van der Waals surface area contributed by atoms with Crippen LogP contribution in [-0.4, -0.2) is 11.1 Å². The number of carbonyl (C=O) groups is 1. The van der Waals surface area contributed by atoms with Gasteiger partial charge in [0.2, 0.25) is 0 Å². The predicted octanol–water partition coefficient (Wildman–Crippen LogP) is -5.48. The van der Waals surface area contributed by atoms with Crippen LogP contribution in [0.2, 0.25) is 0 Å². The number of fused-ring (bicyclic) bond motifs is 1. The van der Waals surface area contributed by atoms with E-state index in [1.54, 1.807) is 11.3 Å². The number of carboxylic acid groups (broad SMARTS) is 2. The van der Waals surface area contributed by atoms with Crippen LogP contribution in [0.5, 0.6) is 0 Å². The number of hydrogen-bond acceptors (Lipinski definition) is 5. The Balaban J connectivity index is 0. The largest absolute Gasteiger partial charge is 1.00 e. The third-order valence-electron chi connectivity index (χ3n) is 1.33.